The predicted molar refractivity (Wildman–Crippen MR) is 118 cm³/mol. The van der Waals surface area contributed by atoms with Crippen LogP contribution in [0.15, 0.2) is 41.9 Å². The SMILES string of the molecule is O=S(=O)(N[C@H](CCN1[C@H]2CC[C@H]1CC(Oc1nccs1)C2)c1ccccc1)C1CC1. The van der Waals surface area contributed by atoms with E-state index in [-0.39, 0.29) is 17.4 Å². The molecular formula is C22H29N3O3S2. The number of thiazole rings is 1. The van der Waals surface area contributed by atoms with Gasteiger partial charge in [-0.25, -0.2) is 18.1 Å². The van der Waals surface area contributed by atoms with Crippen molar-refractivity contribution in [1.29, 1.82) is 0 Å². The van der Waals surface area contributed by atoms with Crippen LogP contribution >= 0.6 is 11.3 Å². The first-order valence-corrected chi connectivity index (χ1v) is 13.4. The lowest BCUT2D eigenvalue weighted by Gasteiger charge is -2.39. The van der Waals surface area contributed by atoms with Crippen LogP contribution in [-0.2, 0) is 10.0 Å². The molecule has 3 atom stereocenters. The Bertz CT molecular complexity index is 918. The molecule has 1 saturated carbocycles. The number of hydrogen-bond donors (Lipinski definition) is 1. The van der Waals surface area contributed by atoms with Crippen molar-refractivity contribution in [2.75, 3.05) is 6.54 Å². The van der Waals surface area contributed by atoms with E-state index in [2.05, 4.69) is 14.6 Å². The van der Waals surface area contributed by atoms with Crippen molar-refractivity contribution in [3.05, 3.63) is 47.5 Å². The van der Waals surface area contributed by atoms with E-state index in [9.17, 15) is 8.42 Å². The van der Waals surface area contributed by atoms with Crippen molar-refractivity contribution in [2.45, 2.75) is 74.4 Å². The highest BCUT2D eigenvalue weighted by Gasteiger charge is 2.42. The monoisotopic (exact) mass is 447 g/mol. The van der Waals surface area contributed by atoms with Crippen molar-refractivity contribution in [3.8, 4) is 5.19 Å². The lowest BCUT2D eigenvalue weighted by atomic mass is 9.98. The van der Waals surface area contributed by atoms with E-state index in [1.54, 1.807) is 17.5 Å². The molecule has 0 amide bonds. The zero-order valence-corrected chi connectivity index (χ0v) is 18.7. The number of benzene rings is 1. The number of aromatic nitrogens is 1. The third kappa shape index (κ3) is 4.56. The molecule has 2 saturated heterocycles. The van der Waals surface area contributed by atoms with Gasteiger partial charge in [-0.1, -0.05) is 41.7 Å². The molecule has 1 aromatic heterocycles. The van der Waals surface area contributed by atoms with E-state index in [4.69, 9.17) is 4.74 Å². The van der Waals surface area contributed by atoms with Crippen molar-refractivity contribution in [1.82, 2.24) is 14.6 Å². The first-order valence-electron chi connectivity index (χ1n) is 11.0. The van der Waals surface area contributed by atoms with Crippen LogP contribution in [0.3, 0.4) is 0 Å². The topological polar surface area (TPSA) is 71.5 Å². The highest BCUT2D eigenvalue weighted by Crippen LogP contribution is 2.38. The summed E-state index contributed by atoms with van der Waals surface area (Å²) >= 11 is 1.55. The van der Waals surface area contributed by atoms with E-state index in [0.29, 0.717) is 12.1 Å². The molecule has 3 aliphatic rings. The maximum atomic E-state index is 12.6. The summed E-state index contributed by atoms with van der Waals surface area (Å²) in [5, 5.41) is 2.52. The van der Waals surface area contributed by atoms with Gasteiger partial charge in [-0.2, -0.15) is 0 Å². The molecule has 0 unspecified atom stereocenters. The molecule has 6 nitrogen and oxygen atoms in total. The fraction of sp³-hybridized carbons (Fsp3) is 0.591. The third-order valence-electron chi connectivity index (χ3n) is 6.67. The normalized spacial score (nSPS) is 27.8. The van der Waals surface area contributed by atoms with Gasteiger partial charge < -0.3 is 4.74 Å². The largest absolute Gasteiger partial charge is 0.467 e. The Balaban J connectivity index is 1.23. The number of rotatable bonds is 9. The van der Waals surface area contributed by atoms with Crippen molar-refractivity contribution in [2.24, 2.45) is 0 Å². The van der Waals surface area contributed by atoms with Gasteiger partial charge in [-0.15, -0.1) is 0 Å². The van der Waals surface area contributed by atoms with E-state index >= 15 is 0 Å². The quantitative estimate of drug-likeness (QED) is 0.634. The fourth-order valence-corrected chi connectivity index (χ4v) is 7.18. The first kappa shape index (κ1) is 20.4. The molecule has 1 N–H and O–H groups in total. The maximum absolute atomic E-state index is 12.6. The van der Waals surface area contributed by atoms with Gasteiger partial charge in [0.05, 0.1) is 5.25 Å². The summed E-state index contributed by atoms with van der Waals surface area (Å²) in [7, 11) is -3.23. The molecular weight excluding hydrogens is 418 g/mol. The summed E-state index contributed by atoms with van der Waals surface area (Å²) in [6, 6.07) is 10.9. The van der Waals surface area contributed by atoms with Crippen LogP contribution in [0.5, 0.6) is 5.19 Å². The Morgan fingerprint density at radius 1 is 1.13 bits per heavy atom. The van der Waals surface area contributed by atoms with Crippen LogP contribution in [0.25, 0.3) is 0 Å². The Morgan fingerprint density at radius 3 is 2.50 bits per heavy atom. The zero-order chi connectivity index (χ0) is 20.6. The van der Waals surface area contributed by atoms with E-state index in [0.717, 1.165) is 49.4 Å². The molecule has 2 aliphatic heterocycles. The van der Waals surface area contributed by atoms with Gasteiger partial charge in [0, 0.05) is 36.2 Å². The summed E-state index contributed by atoms with van der Waals surface area (Å²) in [6.07, 6.45) is 8.85. The van der Waals surface area contributed by atoms with Gasteiger partial charge in [-0.3, -0.25) is 4.90 Å². The van der Waals surface area contributed by atoms with Gasteiger partial charge in [0.25, 0.3) is 5.19 Å². The molecule has 1 aliphatic carbocycles. The number of ether oxygens (including phenoxy) is 1. The van der Waals surface area contributed by atoms with Gasteiger partial charge in [0.15, 0.2) is 0 Å². The fourth-order valence-electron chi connectivity index (χ4n) is 5.03. The summed E-state index contributed by atoms with van der Waals surface area (Å²) in [4.78, 5) is 6.86. The minimum absolute atomic E-state index is 0.166. The van der Waals surface area contributed by atoms with E-state index in [1.807, 2.05) is 35.7 Å². The average Bonchev–Trinajstić information content (AvgIpc) is 3.44. The number of fused-ring (bicyclic) bond motifs is 2. The van der Waals surface area contributed by atoms with Crippen LogP contribution in [0.4, 0.5) is 0 Å². The number of hydrogen-bond acceptors (Lipinski definition) is 6. The van der Waals surface area contributed by atoms with Crippen LogP contribution in [0.2, 0.25) is 0 Å². The Kier molecular flexibility index (Phi) is 5.84. The Labute approximate surface area is 182 Å². The van der Waals surface area contributed by atoms with Crippen molar-refractivity contribution >= 4 is 21.4 Å². The molecule has 0 spiro atoms. The van der Waals surface area contributed by atoms with E-state index < -0.39 is 10.0 Å². The lowest BCUT2D eigenvalue weighted by Crippen LogP contribution is -2.47. The molecule has 30 heavy (non-hydrogen) atoms. The molecule has 8 heteroatoms. The molecule has 2 aromatic rings. The highest BCUT2D eigenvalue weighted by molar-refractivity contribution is 7.90. The smallest absolute Gasteiger partial charge is 0.273 e. The highest BCUT2D eigenvalue weighted by atomic mass is 32.2. The van der Waals surface area contributed by atoms with Gasteiger partial charge in [0.1, 0.15) is 6.10 Å². The summed E-state index contributed by atoms with van der Waals surface area (Å²) < 4.78 is 34.4. The second-order valence-electron chi connectivity index (χ2n) is 8.75. The van der Waals surface area contributed by atoms with Crippen molar-refractivity contribution in [3.63, 3.8) is 0 Å². The number of nitrogens with zero attached hydrogens (tertiary/aromatic N) is 2. The molecule has 2 bridgehead atoms. The molecule has 0 radical (unpaired) electrons. The Hall–Kier alpha value is -1.48. The van der Waals surface area contributed by atoms with Crippen LogP contribution in [0, 0.1) is 0 Å². The average molecular weight is 448 g/mol. The second-order valence-corrected chi connectivity index (χ2v) is 11.6. The number of piperidine rings is 1. The third-order valence-corrected chi connectivity index (χ3v) is 9.29. The minimum Gasteiger partial charge on any atom is -0.467 e. The molecule has 3 heterocycles. The minimum atomic E-state index is -3.23. The lowest BCUT2D eigenvalue weighted by molar-refractivity contribution is 0.0473. The predicted octanol–water partition coefficient (Wildman–Crippen LogP) is 3.73. The van der Waals surface area contributed by atoms with E-state index in [1.165, 1.54) is 12.8 Å². The van der Waals surface area contributed by atoms with Gasteiger partial charge in [-0.05, 0) is 50.5 Å². The maximum Gasteiger partial charge on any atom is 0.273 e. The number of nitrogens with one attached hydrogen (secondary N) is 1. The standard InChI is InChI=1S/C22H29N3O3S2/c26-30(27,20-8-9-20)24-21(16-4-2-1-3-5-16)10-12-25-17-6-7-18(25)15-19(14-17)28-22-23-11-13-29-22/h1-5,11,13,17-21,24H,6-10,12,14-15H2/t17-,18-,21+/m0/s1. The summed E-state index contributed by atoms with van der Waals surface area (Å²) in [5.41, 5.74) is 1.05. The molecule has 5 rings (SSSR count). The first-order chi connectivity index (χ1) is 14.6. The number of sulfonamides is 1. The second kappa shape index (κ2) is 8.57. The molecule has 162 valence electrons. The van der Waals surface area contributed by atoms with Crippen LogP contribution in [0.1, 0.15) is 56.6 Å². The van der Waals surface area contributed by atoms with Gasteiger partial charge >= 0.3 is 0 Å². The summed E-state index contributed by atoms with van der Waals surface area (Å²) in [6.45, 7) is 0.909. The zero-order valence-electron chi connectivity index (χ0n) is 17.0. The van der Waals surface area contributed by atoms with Gasteiger partial charge in [0.2, 0.25) is 10.0 Å². The Morgan fingerprint density at radius 2 is 1.87 bits per heavy atom. The van der Waals surface area contributed by atoms with Crippen LogP contribution in [-0.4, -0.2) is 48.3 Å². The summed E-state index contributed by atoms with van der Waals surface area (Å²) in [5.74, 6) is 0. The molecule has 1 aromatic carbocycles. The van der Waals surface area contributed by atoms with Crippen molar-refractivity contribution < 1.29 is 13.2 Å². The molecule has 3 fully saturated rings. The van der Waals surface area contributed by atoms with Crippen LogP contribution < -0.4 is 9.46 Å².